The highest BCUT2D eigenvalue weighted by atomic mass is 32.1. The van der Waals surface area contributed by atoms with Gasteiger partial charge in [0, 0.05) is 11.4 Å². The van der Waals surface area contributed by atoms with E-state index in [4.69, 9.17) is 10.5 Å². The topological polar surface area (TPSA) is 65.2 Å². The zero-order valence-corrected chi connectivity index (χ0v) is 7.79. The monoisotopic (exact) mass is 198 g/mol. The summed E-state index contributed by atoms with van der Waals surface area (Å²) >= 11 is 1.41. The van der Waals surface area contributed by atoms with E-state index in [2.05, 4.69) is 4.98 Å². The number of nitrogens with two attached hydrogens (primary N) is 1. The summed E-state index contributed by atoms with van der Waals surface area (Å²) in [5, 5.41) is 1.74. The van der Waals surface area contributed by atoms with Gasteiger partial charge in [-0.3, -0.25) is 4.79 Å². The van der Waals surface area contributed by atoms with Crippen LogP contribution in [0.5, 0.6) is 0 Å². The molecule has 0 aromatic carbocycles. The molecule has 2 N–H and O–H groups in total. The normalized spacial score (nSPS) is 27.8. The predicted molar refractivity (Wildman–Crippen MR) is 48.7 cm³/mol. The van der Waals surface area contributed by atoms with Crippen molar-refractivity contribution >= 4 is 17.1 Å². The van der Waals surface area contributed by atoms with Crippen LogP contribution >= 0.6 is 11.3 Å². The first-order valence-corrected chi connectivity index (χ1v) is 4.99. The lowest BCUT2D eigenvalue weighted by atomic mass is 9.98. The number of hydrogen-bond acceptors (Lipinski definition) is 5. The smallest absolute Gasteiger partial charge is 0.189 e. The van der Waals surface area contributed by atoms with Crippen molar-refractivity contribution in [1.29, 1.82) is 0 Å². The molecule has 0 saturated carbocycles. The molecule has 0 spiro atoms. The van der Waals surface area contributed by atoms with Gasteiger partial charge >= 0.3 is 0 Å². The number of aromatic nitrogens is 1. The number of carbonyl (C=O) groups is 1. The number of ether oxygens (including phenoxy) is 1. The van der Waals surface area contributed by atoms with Crippen LogP contribution in [0, 0.1) is 5.92 Å². The quantitative estimate of drug-likeness (QED) is 0.694. The van der Waals surface area contributed by atoms with E-state index >= 15 is 0 Å². The zero-order valence-electron chi connectivity index (χ0n) is 6.97. The van der Waals surface area contributed by atoms with Crippen molar-refractivity contribution in [3.8, 4) is 0 Å². The fourth-order valence-corrected chi connectivity index (χ4v) is 1.91. The van der Waals surface area contributed by atoms with E-state index < -0.39 is 0 Å². The molecule has 4 nitrogen and oxygen atoms in total. The van der Waals surface area contributed by atoms with Crippen LogP contribution in [0.1, 0.15) is 10.5 Å². The van der Waals surface area contributed by atoms with Crippen molar-refractivity contribution in [2.45, 2.75) is 6.04 Å². The Morgan fingerprint density at radius 2 is 2.54 bits per heavy atom. The van der Waals surface area contributed by atoms with Crippen LogP contribution in [-0.2, 0) is 4.74 Å². The average Bonchev–Trinajstić information content (AvgIpc) is 2.72. The maximum atomic E-state index is 11.7. The molecule has 5 heteroatoms. The minimum Gasteiger partial charge on any atom is -0.379 e. The minimum atomic E-state index is -0.206. The minimum absolute atomic E-state index is 0.00579. The molecule has 2 rings (SSSR count). The van der Waals surface area contributed by atoms with Crippen LogP contribution in [0.2, 0.25) is 0 Å². The first kappa shape index (κ1) is 8.80. The molecule has 13 heavy (non-hydrogen) atoms. The van der Waals surface area contributed by atoms with Crippen LogP contribution < -0.4 is 5.73 Å². The number of Topliss-reactive ketones (excluding diaryl/α,β-unsaturated/α-hetero) is 1. The number of nitrogens with zero attached hydrogens (tertiary/aromatic N) is 1. The third-order valence-corrected chi connectivity index (χ3v) is 2.73. The van der Waals surface area contributed by atoms with Crippen molar-refractivity contribution in [2.75, 3.05) is 13.2 Å². The molecule has 1 fully saturated rings. The second kappa shape index (κ2) is 3.53. The van der Waals surface area contributed by atoms with Crippen LogP contribution in [0.3, 0.4) is 0 Å². The number of rotatable bonds is 2. The summed E-state index contributed by atoms with van der Waals surface area (Å²) in [6, 6.07) is -0.172. The molecule has 1 aliphatic heterocycles. The first-order valence-electron chi connectivity index (χ1n) is 4.05. The lowest BCUT2D eigenvalue weighted by Gasteiger charge is -2.09. The molecule has 0 aliphatic carbocycles. The van der Waals surface area contributed by atoms with Gasteiger partial charge in [-0.1, -0.05) is 0 Å². The van der Waals surface area contributed by atoms with Crippen molar-refractivity contribution in [1.82, 2.24) is 4.98 Å². The summed E-state index contributed by atoms with van der Waals surface area (Å²) in [5.74, 6) is -0.201. The third kappa shape index (κ3) is 1.63. The Bertz CT molecular complexity index is 299. The number of thiazole rings is 1. The van der Waals surface area contributed by atoms with E-state index in [1.807, 2.05) is 0 Å². The highest BCUT2D eigenvalue weighted by molar-refractivity contribution is 7.07. The molecule has 2 heterocycles. The molecular formula is C8H10N2O2S. The van der Waals surface area contributed by atoms with Crippen LogP contribution in [0.25, 0.3) is 0 Å². The molecule has 0 bridgehead atoms. The molecule has 2 atom stereocenters. The Morgan fingerprint density at radius 3 is 3.08 bits per heavy atom. The third-order valence-electron chi connectivity index (χ3n) is 2.15. The maximum absolute atomic E-state index is 11.7. The van der Waals surface area contributed by atoms with Gasteiger partial charge in [-0.2, -0.15) is 0 Å². The fourth-order valence-electron chi connectivity index (χ4n) is 1.37. The largest absolute Gasteiger partial charge is 0.379 e. The predicted octanol–water partition coefficient (Wildman–Crippen LogP) is 0.299. The molecule has 1 aromatic heterocycles. The average molecular weight is 198 g/mol. The lowest BCUT2D eigenvalue weighted by Crippen LogP contribution is -2.34. The van der Waals surface area contributed by atoms with Crippen molar-refractivity contribution in [2.24, 2.45) is 11.7 Å². The van der Waals surface area contributed by atoms with Crippen molar-refractivity contribution in [3.63, 3.8) is 0 Å². The Morgan fingerprint density at radius 1 is 1.69 bits per heavy atom. The van der Waals surface area contributed by atoms with Gasteiger partial charge in [0.25, 0.3) is 0 Å². The van der Waals surface area contributed by atoms with Gasteiger partial charge in [0.1, 0.15) is 5.69 Å². The van der Waals surface area contributed by atoms with Crippen LogP contribution in [-0.4, -0.2) is 30.0 Å². The van der Waals surface area contributed by atoms with Crippen molar-refractivity contribution < 1.29 is 9.53 Å². The fraction of sp³-hybridized carbons (Fsp3) is 0.500. The summed E-state index contributed by atoms with van der Waals surface area (Å²) in [4.78, 5) is 15.7. The van der Waals surface area contributed by atoms with E-state index in [9.17, 15) is 4.79 Å². The van der Waals surface area contributed by atoms with E-state index in [1.165, 1.54) is 11.3 Å². The summed E-state index contributed by atoms with van der Waals surface area (Å²) in [7, 11) is 0. The summed E-state index contributed by atoms with van der Waals surface area (Å²) < 4.78 is 5.12. The number of hydrogen-bond donors (Lipinski definition) is 1. The van der Waals surface area contributed by atoms with Gasteiger partial charge in [-0.25, -0.2) is 4.98 Å². The molecular weight excluding hydrogens is 188 g/mol. The first-order chi connectivity index (χ1) is 6.29. The standard InChI is InChI=1S/C8H10N2O2S/c9-6-2-12-1-5(6)8(11)7-3-13-4-10-7/h3-6H,1-2,9H2. The van der Waals surface area contributed by atoms with E-state index in [-0.39, 0.29) is 17.7 Å². The van der Waals surface area contributed by atoms with Gasteiger partial charge in [0.15, 0.2) is 5.78 Å². The Balaban J connectivity index is 2.13. The van der Waals surface area contributed by atoms with Crippen LogP contribution in [0.4, 0.5) is 0 Å². The van der Waals surface area contributed by atoms with Crippen LogP contribution in [0.15, 0.2) is 10.9 Å². The molecule has 0 amide bonds. The Labute approximate surface area is 79.7 Å². The Kier molecular flexibility index (Phi) is 2.39. The van der Waals surface area contributed by atoms with Crippen molar-refractivity contribution in [3.05, 3.63) is 16.6 Å². The van der Waals surface area contributed by atoms with Gasteiger partial charge in [-0.05, 0) is 0 Å². The van der Waals surface area contributed by atoms with E-state index in [1.54, 1.807) is 10.9 Å². The molecule has 70 valence electrons. The summed E-state index contributed by atoms with van der Waals surface area (Å²) in [6.45, 7) is 0.901. The molecule has 0 radical (unpaired) electrons. The van der Waals surface area contributed by atoms with Gasteiger partial charge in [-0.15, -0.1) is 11.3 Å². The molecule has 1 saturated heterocycles. The molecule has 1 aliphatic rings. The highest BCUT2D eigenvalue weighted by Crippen LogP contribution is 2.17. The highest BCUT2D eigenvalue weighted by Gasteiger charge is 2.32. The zero-order chi connectivity index (χ0) is 9.26. The SMILES string of the molecule is NC1COCC1C(=O)c1cscn1. The van der Waals surface area contributed by atoms with Gasteiger partial charge in [0.2, 0.25) is 0 Å². The van der Waals surface area contributed by atoms with E-state index in [0.717, 1.165) is 0 Å². The van der Waals surface area contributed by atoms with E-state index in [0.29, 0.717) is 18.9 Å². The maximum Gasteiger partial charge on any atom is 0.189 e. The summed E-state index contributed by atoms with van der Waals surface area (Å²) in [5.41, 5.74) is 7.87. The van der Waals surface area contributed by atoms with Gasteiger partial charge in [0.05, 0.1) is 24.6 Å². The molecule has 2 unspecified atom stereocenters. The van der Waals surface area contributed by atoms with Gasteiger partial charge < -0.3 is 10.5 Å². The summed E-state index contributed by atoms with van der Waals surface area (Å²) in [6.07, 6.45) is 0. The second-order valence-corrected chi connectivity index (χ2v) is 3.76. The molecule has 1 aromatic rings. The number of ketones is 1. The second-order valence-electron chi connectivity index (χ2n) is 3.05. The Hall–Kier alpha value is -0.780. The lowest BCUT2D eigenvalue weighted by molar-refractivity contribution is 0.0891. The number of carbonyl (C=O) groups excluding carboxylic acids is 1.